The molecular formula is C14H21NO6. The van der Waals surface area contributed by atoms with Gasteiger partial charge in [-0.3, -0.25) is 0 Å². The Kier molecular flexibility index (Phi) is 4.38. The van der Waals surface area contributed by atoms with Crippen molar-refractivity contribution >= 4 is 5.97 Å². The van der Waals surface area contributed by atoms with Gasteiger partial charge in [0.05, 0.1) is 5.60 Å². The van der Waals surface area contributed by atoms with Crippen LogP contribution < -0.4 is 0 Å². The van der Waals surface area contributed by atoms with Crippen molar-refractivity contribution in [3.63, 3.8) is 0 Å². The highest BCUT2D eigenvalue weighted by Crippen LogP contribution is 2.32. The fourth-order valence-corrected chi connectivity index (χ4v) is 2.54. The fourth-order valence-electron chi connectivity index (χ4n) is 2.54. The summed E-state index contributed by atoms with van der Waals surface area (Å²) in [5, 5.41) is 19.8. The number of aromatic amines is 1. The smallest absolute Gasteiger partial charge is 0.355 e. The zero-order valence-corrected chi connectivity index (χ0v) is 12.5. The fraction of sp³-hybridized carbons (Fsp3) is 0.643. The first kappa shape index (κ1) is 16.0. The van der Waals surface area contributed by atoms with Crippen LogP contribution in [0.5, 0.6) is 0 Å². The van der Waals surface area contributed by atoms with Crippen molar-refractivity contribution in [2.24, 2.45) is 0 Å². The molecule has 1 aliphatic heterocycles. The molecule has 0 spiro atoms. The molecule has 0 aliphatic carbocycles. The van der Waals surface area contributed by atoms with Gasteiger partial charge in [0.2, 0.25) is 0 Å². The van der Waals surface area contributed by atoms with Gasteiger partial charge in [-0.2, -0.15) is 0 Å². The Labute approximate surface area is 122 Å². The highest BCUT2D eigenvalue weighted by Gasteiger charge is 2.51. The normalized spacial score (nSPS) is 31.9. The van der Waals surface area contributed by atoms with Gasteiger partial charge >= 0.3 is 5.97 Å². The lowest BCUT2D eigenvalue weighted by Crippen LogP contribution is -2.63. The number of esters is 1. The number of methoxy groups -OCH3 is 1. The zero-order chi connectivity index (χ0) is 15.8. The second kappa shape index (κ2) is 5.76. The maximum Gasteiger partial charge on any atom is 0.355 e. The maximum absolute atomic E-state index is 12.1. The Bertz CT molecular complexity index is 511. The number of ether oxygens (including phenoxy) is 3. The van der Waals surface area contributed by atoms with E-state index in [1.807, 2.05) is 6.92 Å². The third-order valence-corrected chi connectivity index (χ3v) is 3.59. The molecule has 0 amide bonds. The van der Waals surface area contributed by atoms with Crippen LogP contribution in [0.3, 0.4) is 0 Å². The average molecular weight is 299 g/mol. The van der Waals surface area contributed by atoms with E-state index in [2.05, 4.69) is 4.98 Å². The lowest BCUT2D eigenvalue weighted by atomic mass is 9.89. The number of carbonyl (C=O) groups excluding carboxylic acids is 1. The Morgan fingerprint density at radius 2 is 2.05 bits per heavy atom. The Hall–Kier alpha value is -1.41. The van der Waals surface area contributed by atoms with Crippen molar-refractivity contribution in [2.75, 3.05) is 7.11 Å². The number of hydrogen-bond acceptors (Lipinski definition) is 6. The summed E-state index contributed by atoms with van der Waals surface area (Å²) in [6.45, 7) is 5.19. The largest absolute Gasteiger partial charge is 0.452 e. The molecular weight excluding hydrogens is 278 g/mol. The lowest BCUT2D eigenvalue weighted by molar-refractivity contribution is -0.313. The van der Waals surface area contributed by atoms with Crippen molar-refractivity contribution in [3.05, 3.63) is 23.5 Å². The number of H-pyrrole nitrogens is 1. The van der Waals surface area contributed by atoms with E-state index in [1.54, 1.807) is 26.0 Å². The molecule has 2 rings (SSSR count). The van der Waals surface area contributed by atoms with E-state index >= 15 is 0 Å². The van der Waals surface area contributed by atoms with Gasteiger partial charge in [-0.15, -0.1) is 0 Å². The first-order valence-corrected chi connectivity index (χ1v) is 6.69. The van der Waals surface area contributed by atoms with E-state index in [4.69, 9.17) is 14.2 Å². The molecule has 1 saturated heterocycles. The van der Waals surface area contributed by atoms with Gasteiger partial charge in [-0.05, 0) is 32.9 Å². The van der Waals surface area contributed by atoms with Gasteiger partial charge in [0.1, 0.15) is 17.9 Å². The maximum atomic E-state index is 12.1. The predicted octanol–water partition coefficient (Wildman–Crippen LogP) is 0.352. The SMILES string of the molecule is CO[C@@H]1[C@@H](OC(=O)c2ccc(C)[nH]2)[C@@H](O)C(O)OC1(C)C. The summed E-state index contributed by atoms with van der Waals surface area (Å²) in [7, 11) is 1.43. The highest BCUT2D eigenvalue weighted by atomic mass is 16.7. The Morgan fingerprint density at radius 3 is 2.57 bits per heavy atom. The summed E-state index contributed by atoms with van der Waals surface area (Å²) in [5.41, 5.74) is 0.177. The number of carbonyl (C=O) groups is 1. The molecule has 4 atom stereocenters. The quantitative estimate of drug-likeness (QED) is 0.696. The average Bonchev–Trinajstić information content (AvgIpc) is 2.82. The van der Waals surface area contributed by atoms with E-state index in [0.29, 0.717) is 0 Å². The predicted molar refractivity (Wildman–Crippen MR) is 72.7 cm³/mol. The highest BCUT2D eigenvalue weighted by molar-refractivity contribution is 5.87. The minimum Gasteiger partial charge on any atom is -0.452 e. The van der Waals surface area contributed by atoms with E-state index in [-0.39, 0.29) is 5.69 Å². The summed E-state index contributed by atoms with van der Waals surface area (Å²) in [5.74, 6) is -0.626. The van der Waals surface area contributed by atoms with Crippen LogP contribution in [0.25, 0.3) is 0 Å². The summed E-state index contributed by atoms with van der Waals surface area (Å²) in [6, 6.07) is 3.33. The third-order valence-electron chi connectivity index (χ3n) is 3.59. The molecule has 1 unspecified atom stereocenters. The van der Waals surface area contributed by atoms with Crippen LogP contribution in [0.15, 0.2) is 12.1 Å². The topological polar surface area (TPSA) is 101 Å². The molecule has 1 aliphatic rings. The van der Waals surface area contributed by atoms with Crippen LogP contribution >= 0.6 is 0 Å². The van der Waals surface area contributed by atoms with Gasteiger partial charge in [-0.25, -0.2) is 4.79 Å². The first-order valence-electron chi connectivity index (χ1n) is 6.69. The van der Waals surface area contributed by atoms with Crippen molar-refractivity contribution in [3.8, 4) is 0 Å². The van der Waals surface area contributed by atoms with Crippen LogP contribution in [0.1, 0.15) is 30.0 Å². The first-order chi connectivity index (χ1) is 9.76. The number of aliphatic hydroxyl groups excluding tert-OH is 2. The molecule has 118 valence electrons. The number of rotatable bonds is 3. The van der Waals surface area contributed by atoms with Crippen molar-refractivity contribution in [1.82, 2.24) is 4.98 Å². The van der Waals surface area contributed by atoms with E-state index in [1.165, 1.54) is 7.11 Å². The summed E-state index contributed by atoms with van der Waals surface area (Å²) in [6.07, 6.45) is -4.58. The summed E-state index contributed by atoms with van der Waals surface area (Å²) >= 11 is 0. The molecule has 2 heterocycles. The molecule has 0 bridgehead atoms. The van der Waals surface area contributed by atoms with Gasteiger partial charge in [0.25, 0.3) is 0 Å². The third kappa shape index (κ3) is 3.11. The zero-order valence-electron chi connectivity index (χ0n) is 12.5. The van der Waals surface area contributed by atoms with Crippen LogP contribution in [-0.4, -0.2) is 58.5 Å². The standard InChI is InChI=1S/C14H21NO6/c1-7-5-6-8(15-7)12(17)20-10-9(16)13(18)21-14(2,3)11(10)19-4/h5-6,9-11,13,15-16,18H,1-4H3/t9-,10+,11-,13?/m1/s1. The van der Waals surface area contributed by atoms with E-state index < -0.39 is 36.2 Å². The Morgan fingerprint density at radius 1 is 1.38 bits per heavy atom. The molecule has 0 aromatic carbocycles. The molecule has 0 saturated carbocycles. The molecule has 3 N–H and O–H groups in total. The van der Waals surface area contributed by atoms with E-state index in [9.17, 15) is 15.0 Å². The van der Waals surface area contributed by atoms with Gasteiger partial charge in [-0.1, -0.05) is 0 Å². The van der Waals surface area contributed by atoms with Gasteiger partial charge < -0.3 is 29.4 Å². The molecule has 1 fully saturated rings. The second-order valence-electron chi connectivity index (χ2n) is 5.68. The summed E-state index contributed by atoms with van der Waals surface area (Å²) in [4.78, 5) is 15.0. The number of aromatic nitrogens is 1. The lowest BCUT2D eigenvalue weighted by Gasteiger charge is -2.46. The molecule has 0 radical (unpaired) electrons. The van der Waals surface area contributed by atoms with E-state index in [0.717, 1.165) is 5.69 Å². The van der Waals surface area contributed by atoms with Crippen LogP contribution in [-0.2, 0) is 14.2 Å². The minimum absolute atomic E-state index is 0.272. The van der Waals surface area contributed by atoms with Crippen molar-refractivity contribution < 1.29 is 29.2 Å². The summed E-state index contributed by atoms with van der Waals surface area (Å²) < 4.78 is 15.9. The second-order valence-corrected chi connectivity index (χ2v) is 5.68. The number of aliphatic hydroxyl groups is 2. The molecule has 7 nitrogen and oxygen atoms in total. The van der Waals surface area contributed by atoms with Gasteiger partial charge in [0.15, 0.2) is 12.4 Å². The monoisotopic (exact) mass is 299 g/mol. The van der Waals surface area contributed by atoms with Gasteiger partial charge in [0, 0.05) is 12.8 Å². The van der Waals surface area contributed by atoms with Crippen molar-refractivity contribution in [1.29, 1.82) is 0 Å². The van der Waals surface area contributed by atoms with Crippen LogP contribution in [0, 0.1) is 6.92 Å². The number of hydrogen-bond donors (Lipinski definition) is 3. The van der Waals surface area contributed by atoms with Crippen molar-refractivity contribution in [2.45, 2.75) is 51.0 Å². The number of nitrogens with one attached hydrogen (secondary N) is 1. The minimum atomic E-state index is -1.45. The van der Waals surface area contributed by atoms with Crippen LogP contribution in [0.2, 0.25) is 0 Å². The molecule has 1 aromatic rings. The molecule has 21 heavy (non-hydrogen) atoms. The molecule has 7 heteroatoms. The number of aryl methyl sites for hydroxylation is 1. The molecule has 1 aromatic heterocycles. The van der Waals surface area contributed by atoms with Crippen LogP contribution in [0.4, 0.5) is 0 Å². The Balaban J connectivity index is 2.20.